The monoisotopic (exact) mass is 492 g/mol. The largest absolute Gasteiger partial charge is 0.492 e. The van der Waals surface area contributed by atoms with Gasteiger partial charge in [0.1, 0.15) is 12.4 Å². The van der Waals surface area contributed by atoms with E-state index in [1.165, 1.54) is 0 Å². The molecule has 2 unspecified atom stereocenters. The molecule has 1 saturated heterocycles. The zero-order valence-corrected chi connectivity index (χ0v) is 19.6. The van der Waals surface area contributed by atoms with E-state index in [1.807, 2.05) is 24.3 Å². The Balaban J connectivity index is 1.12. The first-order chi connectivity index (χ1) is 16.7. The molecular formula is C26H31F3N2O4. The second-order valence-corrected chi connectivity index (χ2v) is 9.18. The van der Waals surface area contributed by atoms with Gasteiger partial charge < -0.3 is 19.9 Å². The van der Waals surface area contributed by atoms with Gasteiger partial charge in [-0.3, -0.25) is 4.90 Å². The van der Waals surface area contributed by atoms with Crippen molar-refractivity contribution in [2.45, 2.75) is 38.2 Å². The minimum atomic E-state index is -4.30. The number of rotatable bonds is 12. The lowest BCUT2D eigenvalue weighted by molar-refractivity contribution is -0.150. The predicted octanol–water partition coefficient (Wildman–Crippen LogP) is 3.84. The summed E-state index contributed by atoms with van der Waals surface area (Å²) in [5.41, 5.74) is 1.17. The number of halogens is 3. The molecule has 4 rings (SSSR count). The smallest absolute Gasteiger partial charge is 0.416 e. The second kappa shape index (κ2) is 11.0. The number of ether oxygens (including phenoxy) is 2. The van der Waals surface area contributed by atoms with Crippen LogP contribution in [0.5, 0.6) is 5.75 Å². The molecule has 0 aromatic heterocycles. The molecule has 2 aromatic carbocycles. The minimum absolute atomic E-state index is 0.311. The molecular weight excluding hydrogens is 461 g/mol. The molecule has 1 heterocycles. The summed E-state index contributed by atoms with van der Waals surface area (Å²) in [6.45, 7) is 5.95. The van der Waals surface area contributed by atoms with E-state index in [2.05, 4.69) is 10.2 Å². The molecule has 190 valence electrons. The van der Waals surface area contributed by atoms with E-state index in [9.17, 15) is 23.1 Å². The normalized spacial score (nSPS) is 22.6. The number of fused-ring (bicyclic) bond motifs is 1. The molecule has 2 aliphatic rings. The molecule has 2 N–H and O–H groups in total. The van der Waals surface area contributed by atoms with Gasteiger partial charge in [-0.05, 0) is 54.2 Å². The van der Waals surface area contributed by atoms with Crippen molar-refractivity contribution in [3.8, 4) is 5.75 Å². The van der Waals surface area contributed by atoms with Crippen LogP contribution < -0.4 is 10.1 Å². The van der Waals surface area contributed by atoms with E-state index in [-0.39, 0.29) is 0 Å². The molecule has 0 amide bonds. The van der Waals surface area contributed by atoms with Crippen LogP contribution in [0, 0.1) is 11.8 Å². The quantitative estimate of drug-likeness (QED) is 0.439. The summed E-state index contributed by atoms with van der Waals surface area (Å²) in [6, 6.07) is 13.3. The van der Waals surface area contributed by atoms with Crippen LogP contribution >= 0.6 is 0 Å². The second-order valence-electron chi connectivity index (χ2n) is 9.18. The van der Waals surface area contributed by atoms with Crippen molar-refractivity contribution in [1.82, 2.24) is 10.2 Å². The summed E-state index contributed by atoms with van der Waals surface area (Å²) in [4.78, 5) is 13.5. The molecule has 1 aliphatic carbocycles. The third kappa shape index (κ3) is 6.74. The Labute approximate surface area is 203 Å². The molecule has 0 spiro atoms. The van der Waals surface area contributed by atoms with Gasteiger partial charge in [-0.15, -0.1) is 0 Å². The van der Waals surface area contributed by atoms with Crippen LogP contribution in [0.4, 0.5) is 13.2 Å². The number of alkyl halides is 3. The van der Waals surface area contributed by atoms with Crippen LogP contribution in [0.15, 0.2) is 48.5 Å². The molecule has 1 saturated carbocycles. The van der Waals surface area contributed by atoms with Gasteiger partial charge in [0, 0.05) is 45.2 Å². The highest BCUT2D eigenvalue weighted by Gasteiger charge is 2.55. The van der Waals surface area contributed by atoms with Crippen LogP contribution in [-0.2, 0) is 28.7 Å². The van der Waals surface area contributed by atoms with Gasteiger partial charge in [0.2, 0.25) is 0 Å². The van der Waals surface area contributed by atoms with Crippen molar-refractivity contribution >= 4 is 5.97 Å². The third-order valence-corrected chi connectivity index (χ3v) is 6.70. The van der Waals surface area contributed by atoms with E-state index >= 15 is 0 Å². The van der Waals surface area contributed by atoms with Gasteiger partial charge in [-0.1, -0.05) is 24.3 Å². The average molecular weight is 493 g/mol. The fourth-order valence-electron chi connectivity index (χ4n) is 4.85. The summed E-state index contributed by atoms with van der Waals surface area (Å²) in [5.74, 6) is 0.927. The number of aliphatic carboxylic acids is 1. The first-order valence-corrected chi connectivity index (χ1v) is 11.9. The van der Waals surface area contributed by atoms with Crippen molar-refractivity contribution in [3.63, 3.8) is 0 Å². The van der Waals surface area contributed by atoms with E-state index in [0.717, 1.165) is 48.6 Å². The van der Waals surface area contributed by atoms with Gasteiger partial charge in [0.05, 0.1) is 5.56 Å². The lowest BCUT2D eigenvalue weighted by atomic mass is 10.1. The summed E-state index contributed by atoms with van der Waals surface area (Å²) in [5, 5.41) is 12.7. The Morgan fingerprint density at radius 2 is 1.71 bits per heavy atom. The van der Waals surface area contributed by atoms with Gasteiger partial charge in [0.25, 0.3) is 0 Å². The van der Waals surface area contributed by atoms with E-state index in [1.54, 1.807) is 19.1 Å². The number of benzene rings is 2. The molecule has 0 bridgehead atoms. The number of likely N-dealkylation sites (tertiary alicyclic amines) is 1. The standard InChI is InChI=1S/C26H31F3N2O4/c1-2-34-23(25(32)33)13-17-5-9-20(10-6-17)35-12-11-30-24-21-15-31(16-22(21)24)14-18-3-7-19(8-4-18)26(27,28)29/h3-10,21-24,30H,2,11-16H2,1H3,(H,32,33)/t21-,22?,23-,24?/m0/s1. The SMILES string of the molecule is CCO[C@@H](Cc1ccc(OCCNC2C3CN(Cc4ccc(C(F)(F)F)cc4)C[C@@H]32)cc1)C(=O)O. The van der Waals surface area contributed by atoms with Crippen LogP contribution in [-0.4, -0.2) is 61.0 Å². The Kier molecular flexibility index (Phi) is 7.98. The third-order valence-electron chi connectivity index (χ3n) is 6.70. The van der Waals surface area contributed by atoms with E-state index in [0.29, 0.717) is 44.1 Å². The molecule has 2 aromatic rings. The molecule has 2 fully saturated rings. The minimum Gasteiger partial charge on any atom is -0.492 e. The van der Waals surface area contributed by atoms with Gasteiger partial charge in [-0.25, -0.2) is 4.79 Å². The van der Waals surface area contributed by atoms with E-state index in [4.69, 9.17) is 9.47 Å². The highest BCUT2D eigenvalue weighted by atomic mass is 19.4. The fraction of sp³-hybridized carbons (Fsp3) is 0.500. The number of carbonyl (C=O) groups is 1. The molecule has 35 heavy (non-hydrogen) atoms. The van der Waals surface area contributed by atoms with Crippen molar-refractivity contribution in [1.29, 1.82) is 0 Å². The predicted molar refractivity (Wildman–Crippen MR) is 124 cm³/mol. The van der Waals surface area contributed by atoms with Gasteiger partial charge in [0.15, 0.2) is 6.10 Å². The van der Waals surface area contributed by atoms with Crippen LogP contribution in [0.1, 0.15) is 23.6 Å². The number of hydrogen-bond donors (Lipinski definition) is 2. The van der Waals surface area contributed by atoms with Crippen molar-refractivity contribution in [3.05, 3.63) is 65.2 Å². The Bertz CT molecular complexity index is 970. The Morgan fingerprint density at radius 3 is 2.29 bits per heavy atom. The Hall–Kier alpha value is -2.62. The van der Waals surface area contributed by atoms with Crippen molar-refractivity contribution in [2.75, 3.05) is 32.8 Å². The highest BCUT2D eigenvalue weighted by molar-refractivity contribution is 5.72. The van der Waals surface area contributed by atoms with Gasteiger partial charge >= 0.3 is 12.1 Å². The molecule has 9 heteroatoms. The number of piperidine rings is 1. The summed E-state index contributed by atoms with van der Waals surface area (Å²) in [7, 11) is 0. The number of nitrogens with zero attached hydrogens (tertiary/aromatic N) is 1. The molecule has 6 nitrogen and oxygen atoms in total. The lowest BCUT2D eigenvalue weighted by Crippen LogP contribution is -2.33. The first kappa shape index (κ1) is 25.5. The fourth-order valence-corrected chi connectivity index (χ4v) is 4.85. The number of hydrogen-bond acceptors (Lipinski definition) is 5. The average Bonchev–Trinajstić information content (AvgIpc) is 3.27. The Morgan fingerprint density at radius 1 is 1.09 bits per heavy atom. The topological polar surface area (TPSA) is 71.0 Å². The van der Waals surface area contributed by atoms with Gasteiger partial charge in [-0.2, -0.15) is 13.2 Å². The van der Waals surface area contributed by atoms with Crippen molar-refractivity contribution in [2.24, 2.45) is 11.8 Å². The number of carboxylic acids is 1. The first-order valence-electron chi connectivity index (χ1n) is 11.9. The van der Waals surface area contributed by atoms with Crippen LogP contribution in [0.3, 0.4) is 0 Å². The van der Waals surface area contributed by atoms with Crippen molar-refractivity contribution < 1.29 is 32.5 Å². The van der Waals surface area contributed by atoms with E-state index < -0.39 is 23.8 Å². The summed E-state index contributed by atoms with van der Waals surface area (Å²) >= 11 is 0. The lowest BCUT2D eigenvalue weighted by Gasteiger charge is -2.20. The maximum atomic E-state index is 12.7. The highest BCUT2D eigenvalue weighted by Crippen LogP contribution is 2.45. The van der Waals surface area contributed by atoms with Crippen LogP contribution in [0.2, 0.25) is 0 Å². The molecule has 4 atom stereocenters. The van der Waals surface area contributed by atoms with Crippen LogP contribution in [0.25, 0.3) is 0 Å². The zero-order valence-electron chi connectivity index (χ0n) is 19.6. The maximum Gasteiger partial charge on any atom is 0.416 e. The molecule has 1 aliphatic heterocycles. The zero-order chi connectivity index (χ0) is 25.0. The maximum absolute atomic E-state index is 12.7. The number of nitrogens with one attached hydrogen (secondary N) is 1. The summed E-state index contributed by atoms with van der Waals surface area (Å²) < 4.78 is 49.2. The summed E-state index contributed by atoms with van der Waals surface area (Å²) in [6.07, 6.45) is -4.83. The number of carboxylic acid groups (broad SMARTS) is 1. The molecule has 0 radical (unpaired) electrons.